The lowest BCUT2D eigenvalue weighted by atomic mass is 9.96. The molecule has 0 aromatic rings. The summed E-state index contributed by atoms with van der Waals surface area (Å²) in [5, 5.41) is 120. The number of carbonyl (C=O) groups excluding carboxylic acids is 1. The first-order valence-electron chi connectivity index (χ1n) is 37.2. The predicted octanol–water partition coefficient (Wildman–Crippen LogP) is 10.8. The highest BCUT2D eigenvalue weighted by molar-refractivity contribution is 5.76. The molecule has 19 nitrogen and oxygen atoms in total. The van der Waals surface area contributed by atoms with Crippen molar-refractivity contribution in [3.05, 3.63) is 36.5 Å². The first-order chi connectivity index (χ1) is 44.8. The van der Waals surface area contributed by atoms with Gasteiger partial charge in [0.1, 0.15) is 73.2 Å². The van der Waals surface area contributed by atoms with Crippen LogP contribution in [0.2, 0.25) is 0 Å². The highest BCUT2D eigenvalue weighted by Gasteiger charge is 2.53. The number of rotatable bonds is 58. The SMILES string of the molecule is CCCC/C=C/CC/C=C/C(O)C(COC1OC(CO)C(OC2OC(CO)C(OC3OC(CO)C(O)C(O)C3O)C(O)C2O)C(O)C1O)NC(=O)CCCCCCCCCCCCCCCCCCCCCCCCCCCCC/C=C\CCCCCCCCCC. The van der Waals surface area contributed by atoms with Gasteiger partial charge in [-0.3, -0.25) is 4.79 Å². The molecule has 12 N–H and O–H groups in total. The fourth-order valence-electron chi connectivity index (χ4n) is 12.6. The second-order valence-corrected chi connectivity index (χ2v) is 26.7. The second kappa shape index (κ2) is 55.0. The maximum Gasteiger partial charge on any atom is 0.220 e. The van der Waals surface area contributed by atoms with Gasteiger partial charge >= 0.3 is 0 Å². The molecule has 19 heteroatoms. The van der Waals surface area contributed by atoms with Crippen LogP contribution in [0.3, 0.4) is 0 Å². The summed E-state index contributed by atoms with van der Waals surface area (Å²) in [6.07, 6.45) is 39.4. The average Bonchev–Trinajstić information content (AvgIpc) is 0.795. The zero-order chi connectivity index (χ0) is 66.8. The van der Waals surface area contributed by atoms with Crippen LogP contribution in [0.5, 0.6) is 0 Å². The predicted molar refractivity (Wildman–Crippen MR) is 360 cm³/mol. The van der Waals surface area contributed by atoms with Crippen molar-refractivity contribution < 1.29 is 89.4 Å². The quantitative estimate of drug-likeness (QED) is 0.0199. The number of aliphatic hydroxyl groups is 11. The van der Waals surface area contributed by atoms with Crippen molar-refractivity contribution in [3.8, 4) is 0 Å². The van der Waals surface area contributed by atoms with Gasteiger partial charge in [-0.05, 0) is 51.4 Å². The van der Waals surface area contributed by atoms with Crippen LogP contribution >= 0.6 is 0 Å². The fourth-order valence-corrected chi connectivity index (χ4v) is 12.6. The molecule has 0 bridgehead atoms. The van der Waals surface area contributed by atoms with E-state index < -0.39 is 124 Å². The van der Waals surface area contributed by atoms with Gasteiger partial charge in [0, 0.05) is 6.42 Å². The maximum atomic E-state index is 13.3. The molecule has 540 valence electrons. The first-order valence-corrected chi connectivity index (χ1v) is 37.2. The summed E-state index contributed by atoms with van der Waals surface area (Å²) in [7, 11) is 0. The van der Waals surface area contributed by atoms with Crippen LogP contribution in [-0.2, 0) is 33.2 Å². The molecule has 1 amide bonds. The van der Waals surface area contributed by atoms with Crippen LogP contribution in [0.25, 0.3) is 0 Å². The largest absolute Gasteiger partial charge is 0.394 e. The molecule has 92 heavy (non-hydrogen) atoms. The zero-order valence-corrected chi connectivity index (χ0v) is 57.3. The molecule has 3 rings (SSSR count). The highest BCUT2D eigenvalue weighted by Crippen LogP contribution is 2.33. The Morgan fingerprint density at radius 3 is 1.12 bits per heavy atom. The van der Waals surface area contributed by atoms with Crippen LogP contribution in [-0.4, -0.2) is 193 Å². The van der Waals surface area contributed by atoms with E-state index in [-0.39, 0.29) is 18.9 Å². The van der Waals surface area contributed by atoms with Gasteiger partial charge in [0.15, 0.2) is 18.9 Å². The molecular formula is C73H135NO18. The number of carbonyl (C=O) groups is 1. The van der Waals surface area contributed by atoms with Gasteiger partial charge in [-0.15, -0.1) is 0 Å². The van der Waals surface area contributed by atoms with E-state index in [9.17, 15) is 61.0 Å². The molecule has 0 radical (unpaired) electrons. The Kier molecular flexibility index (Phi) is 50.3. The van der Waals surface area contributed by atoms with Gasteiger partial charge in [0.05, 0.1) is 38.6 Å². The maximum absolute atomic E-state index is 13.3. The molecule has 0 saturated carbocycles. The Morgan fingerprint density at radius 2 is 0.707 bits per heavy atom. The smallest absolute Gasteiger partial charge is 0.220 e. The fraction of sp³-hybridized carbons (Fsp3) is 0.904. The lowest BCUT2D eigenvalue weighted by Gasteiger charge is -2.48. The number of amides is 1. The minimum absolute atomic E-state index is 0.239. The van der Waals surface area contributed by atoms with Gasteiger partial charge in [0.25, 0.3) is 0 Å². The third-order valence-corrected chi connectivity index (χ3v) is 18.7. The summed E-state index contributed by atoms with van der Waals surface area (Å²) in [6.45, 7) is 1.64. The summed E-state index contributed by atoms with van der Waals surface area (Å²) in [5.41, 5.74) is 0. The van der Waals surface area contributed by atoms with Crippen molar-refractivity contribution in [2.75, 3.05) is 26.4 Å². The third kappa shape index (κ3) is 36.0. The normalized spacial score (nSPS) is 27.9. The molecule has 3 heterocycles. The number of nitrogens with one attached hydrogen (secondary N) is 1. The van der Waals surface area contributed by atoms with Gasteiger partial charge in [-0.25, -0.2) is 0 Å². The standard InChI is InChI=1S/C73H135NO18/c1-3-5-7-9-11-13-14-15-16-17-18-19-20-21-22-23-24-25-26-27-28-29-30-31-32-33-34-35-36-37-38-39-40-41-42-43-45-47-49-51-61(79)74-56(57(78)50-48-46-44-12-10-8-6-4-2)55-87-71-67(85)64(82)69(59(53-76)89-71)92-73-68(86)65(83)70(60(54-77)90-73)91-72-66(84)63(81)62(80)58(52-75)88-72/h10,12,17-18,48,50,56-60,62-73,75-78,80-86H,3-9,11,13-16,19-47,49,51-55H2,1-2H3,(H,74,79)/b12-10+,18-17-,50-48+. The second-order valence-electron chi connectivity index (χ2n) is 26.7. The van der Waals surface area contributed by atoms with E-state index in [0.29, 0.717) is 12.8 Å². The summed E-state index contributed by atoms with van der Waals surface area (Å²) >= 11 is 0. The molecule has 0 spiro atoms. The summed E-state index contributed by atoms with van der Waals surface area (Å²) in [6, 6.07) is -0.985. The number of aliphatic hydroxyl groups excluding tert-OH is 11. The Hall–Kier alpha value is -1.99. The number of allylic oxidation sites excluding steroid dienone is 5. The Balaban J connectivity index is 1.24. The van der Waals surface area contributed by atoms with Gasteiger partial charge in [0.2, 0.25) is 5.91 Å². The number of ether oxygens (including phenoxy) is 6. The Morgan fingerprint density at radius 1 is 0.380 bits per heavy atom. The number of unbranched alkanes of at least 4 members (excludes halogenated alkanes) is 38. The third-order valence-electron chi connectivity index (χ3n) is 18.7. The molecule has 3 aliphatic heterocycles. The molecular weight excluding hydrogens is 1180 g/mol. The summed E-state index contributed by atoms with van der Waals surface area (Å²) in [4.78, 5) is 13.3. The molecule has 0 aromatic carbocycles. The molecule has 17 unspecified atom stereocenters. The van der Waals surface area contributed by atoms with Crippen molar-refractivity contribution in [1.82, 2.24) is 5.32 Å². The zero-order valence-electron chi connectivity index (χ0n) is 57.3. The van der Waals surface area contributed by atoms with Crippen LogP contribution in [0, 0.1) is 0 Å². The van der Waals surface area contributed by atoms with Crippen molar-refractivity contribution >= 4 is 5.91 Å². The summed E-state index contributed by atoms with van der Waals surface area (Å²) < 4.78 is 34.2. The number of hydrogen-bond donors (Lipinski definition) is 12. The molecule has 0 aliphatic carbocycles. The van der Waals surface area contributed by atoms with Gasteiger partial charge in [-0.2, -0.15) is 0 Å². The van der Waals surface area contributed by atoms with Crippen LogP contribution in [0.1, 0.15) is 290 Å². The first kappa shape index (κ1) is 84.2. The molecule has 3 saturated heterocycles. The highest BCUT2D eigenvalue weighted by atomic mass is 16.8. The Bertz CT molecular complexity index is 1810. The van der Waals surface area contributed by atoms with E-state index in [1.165, 1.54) is 212 Å². The van der Waals surface area contributed by atoms with Crippen LogP contribution in [0.15, 0.2) is 36.5 Å². The van der Waals surface area contributed by atoms with Gasteiger partial charge < -0.3 is 89.9 Å². The molecule has 17 atom stereocenters. The van der Waals surface area contributed by atoms with E-state index in [2.05, 4.69) is 43.5 Å². The van der Waals surface area contributed by atoms with Crippen molar-refractivity contribution in [1.29, 1.82) is 0 Å². The lowest BCUT2D eigenvalue weighted by molar-refractivity contribution is -0.379. The van der Waals surface area contributed by atoms with Crippen molar-refractivity contribution in [2.45, 2.75) is 394 Å². The van der Waals surface area contributed by atoms with Crippen molar-refractivity contribution in [3.63, 3.8) is 0 Å². The Labute approximate surface area is 555 Å². The lowest BCUT2D eigenvalue weighted by Crippen LogP contribution is -2.66. The molecule has 3 fully saturated rings. The van der Waals surface area contributed by atoms with Crippen molar-refractivity contribution in [2.24, 2.45) is 0 Å². The van der Waals surface area contributed by atoms with Crippen LogP contribution < -0.4 is 5.32 Å². The average molecular weight is 1310 g/mol. The van der Waals surface area contributed by atoms with Crippen LogP contribution in [0.4, 0.5) is 0 Å². The van der Waals surface area contributed by atoms with E-state index in [1.54, 1.807) is 6.08 Å². The topological polar surface area (TPSA) is 307 Å². The number of hydrogen-bond acceptors (Lipinski definition) is 18. The monoisotopic (exact) mass is 1310 g/mol. The minimum atomic E-state index is -1.98. The van der Waals surface area contributed by atoms with E-state index >= 15 is 0 Å². The van der Waals surface area contributed by atoms with Gasteiger partial charge in [-0.1, -0.05) is 269 Å². The molecule has 0 aromatic heterocycles. The van der Waals surface area contributed by atoms with E-state index in [4.69, 9.17) is 28.4 Å². The summed E-state index contributed by atoms with van der Waals surface area (Å²) in [5.74, 6) is -0.285. The molecule has 3 aliphatic rings. The minimum Gasteiger partial charge on any atom is -0.394 e. The van der Waals surface area contributed by atoms with E-state index in [1.807, 2.05) is 6.08 Å². The van der Waals surface area contributed by atoms with E-state index in [0.717, 1.165) is 44.9 Å².